The summed E-state index contributed by atoms with van der Waals surface area (Å²) in [5.74, 6) is 0.375. The van der Waals surface area contributed by atoms with Gasteiger partial charge in [0.15, 0.2) is 0 Å². The molecule has 1 saturated heterocycles. The van der Waals surface area contributed by atoms with Crippen LogP contribution >= 0.6 is 0 Å². The topological polar surface area (TPSA) is 101 Å². The maximum atomic E-state index is 11.6. The third kappa shape index (κ3) is 10.2. The monoisotopic (exact) mass is 550 g/mol. The molecule has 0 saturated carbocycles. The zero-order valence-corrected chi connectivity index (χ0v) is 21.1. The van der Waals surface area contributed by atoms with E-state index in [9.17, 15) is 48.0 Å². The number of hydrogen-bond acceptors (Lipinski definition) is 5. The maximum Gasteiger partial charge on any atom is 0.512 e. The van der Waals surface area contributed by atoms with Gasteiger partial charge in [-0.05, 0) is 25.7 Å². The van der Waals surface area contributed by atoms with Crippen molar-refractivity contribution >= 4 is 26.0 Å². The number of nitrogens with one attached hydrogen (secondary N) is 1. The number of alkyl halides is 6. The van der Waals surface area contributed by atoms with Gasteiger partial charge in [-0.15, -0.1) is 0 Å². The number of amides is 1. The zero-order valence-electron chi connectivity index (χ0n) is 19.5. The van der Waals surface area contributed by atoms with Crippen LogP contribution in [0.4, 0.5) is 26.3 Å². The number of halogens is 6. The van der Waals surface area contributed by atoms with Crippen molar-refractivity contribution in [1.82, 2.24) is 9.03 Å². The first kappa shape index (κ1) is 32.9. The van der Waals surface area contributed by atoms with Gasteiger partial charge in [0, 0.05) is 25.9 Å². The van der Waals surface area contributed by atoms with Crippen LogP contribution in [-0.2, 0) is 24.8 Å². The average Bonchev–Trinajstić information content (AvgIpc) is 3.05. The van der Waals surface area contributed by atoms with E-state index in [-0.39, 0.29) is 0 Å². The molecule has 16 heteroatoms. The van der Waals surface area contributed by atoms with Crippen molar-refractivity contribution in [3.05, 3.63) is 0 Å². The second-order valence-corrected chi connectivity index (χ2v) is 11.7. The summed E-state index contributed by atoms with van der Waals surface area (Å²) >= 11 is 0. The minimum absolute atomic E-state index is 0.375. The van der Waals surface area contributed by atoms with Crippen molar-refractivity contribution in [2.24, 2.45) is 0 Å². The van der Waals surface area contributed by atoms with Gasteiger partial charge in [-0.1, -0.05) is 24.9 Å². The molecular weight excluding hydrogens is 516 g/mol. The number of sulfonamides is 2. The summed E-state index contributed by atoms with van der Waals surface area (Å²) in [7, 11) is -13.2. The number of likely N-dealkylation sites (tertiary alicyclic amines) is 1. The quantitative estimate of drug-likeness (QED) is 0.297. The van der Waals surface area contributed by atoms with Crippen molar-refractivity contribution in [2.75, 3.05) is 39.3 Å². The van der Waals surface area contributed by atoms with E-state index in [4.69, 9.17) is 0 Å². The summed E-state index contributed by atoms with van der Waals surface area (Å²) in [6.45, 7) is 14.0. The SMILES string of the molecule is CCC[N+](CCC)(CCC)CCCN1CCCC1=O.O=S(=O)(NS(=O)(=O)C(F)(F)F)C(F)(F)F. The highest BCUT2D eigenvalue weighted by Gasteiger charge is 2.55. The fourth-order valence-electron chi connectivity index (χ4n) is 3.87. The second-order valence-electron chi connectivity index (χ2n) is 8.06. The van der Waals surface area contributed by atoms with Gasteiger partial charge in [0.1, 0.15) is 0 Å². The molecule has 1 amide bonds. The molecule has 204 valence electrons. The van der Waals surface area contributed by atoms with Crippen LogP contribution in [0.25, 0.3) is 0 Å². The second kappa shape index (κ2) is 13.3. The predicted molar refractivity (Wildman–Crippen MR) is 114 cm³/mol. The van der Waals surface area contributed by atoms with E-state index >= 15 is 0 Å². The average molecular weight is 551 g/mol. The van der Waals surface area contributed by atoms with Gasteiger partial charge < -0.3 is 9.38 Å². The van der Waals surface area contributed by atoms with Gasteiger partial charge >= 0.3 is 31.1 Å². The smallest absolute Gasteiger partial charge is 0.342 e. The first-order chi connectivity index (χ1) is 15.4. The number of quaternary nitrogens is 1. The first-order valence-electron chi connectivity index (χ1n) is 10.9. The summed E-state index contributed by atoms with van der Waals surface area (Å²) in [5, 5.41) is 0. The number of carbonyl (C=O) groups excluding carboxylic acids is 1. The van der Waals surface area contributed by atoms with E-state index in [1.807, 2.05) is 0 Å². The standard InChI is InChI=1S/C16H33N2O.C2HF6NO4S2/c1-4-12-18(13-5-2,14-6-3)15-8-11-17-10-7-9-16(17)19;3-1(4,5)14(10,11)9-15(12,13)2(6,7)8/h4-15H2,1-3H3;9H/q+1;. The van der Waals surface area contributed by atoms with Crippen molar-refractivity contribution in [3.8, 4) is 0 Å². The Morgan fingerprint density at radius 2 is 1.24 bits per heavy atom. The Bertz CT molecular complexity index is 786. The molecule has 1 aliphatic heterocycles. The Hall–Kier alpha value is -1.13. The molecule has 0 atom stereocenters. The first-order valence-corrected chi connectivity index (χ1v) is 13.9. The molecule has 34 heavy (non-hydrogen) atoms. The van der Waals surface area contributed by atoms with E-state index in [1.165, 1.54) is 56.3 Å². The van der Waals surface area contributed by atoms with E-state index in [0.717, 1.165) is 25.9 Å². The highest BCUT2D eigenvalue weighted by Crippen LogP contribution is 2.27. The Morgan fingerprint density at radius 1 is 0.824 bits per heavy atom. The summed E-state index contributed by atoms with van der Waals surface area (Å²) in [4.78, 5) is 13.7. The number of carbonyl (C=O) groups is 1. The third-order valence-corrected chi connectivity index (χ3v) is 8.13. The third-order valence-electron chi connectivity index (χ3n) is 5.15. The van der Waals surface area contributed by atoms with Crippen LogP contribution in [0.1, 0.15) is 59.3 Å². The van der Waals surface area contributed by atoms with Crippen molar-refractivity contribution in [1.29, 1.82) is 0 Å². The van der Waals surface area contributed by atoms with Crippen molar-refractivity contribution in [3.63, 3.8) is 0 Å². The van der Waals surface area contributed by atoms with Crippen molar-refractivity contribution < 1.29 is 52.5 Å². The van der Waals surface area contributed by atoms with Crippen molar-refractivity contribution in [2.45, 2.75) is 70.3 Å². The molecule has 0 bridgehead atoms. The molecule has 1 aliphatic rings. The van der Waals surface area contributed by atoms with Gasteiger partial charge in [0.2, 0.25) is 5.91 Å². The lowest BCUT2D eigenvalue weighted by molar-refractivity contribution is -0.928. The van der Waals surface area contributed by atoms with E-state index in [0.29, 0.717) is 5.91 Å². The normalized spacial score (nSPS) is 15.9. The molecule has 0 aliphatic carbocycles. The molecule has 0 aromatic carbocycles. The summed E-state index contributed by atoms with van der Waals surface area (Å²) < 4.78 is 110. The van der Waals surface area contributed by atoms with Gasteiger partial charge in [-0.25, -0.2) is 16.8 Å². The van der Waals surface area contributed by atoms with Gasteiger partial charge in [-0.3, -0.25) is 4.79 Å². The Morgan fingerprint density at radius 3 is 1.53 bits per heavy atom. The highest BCUT2D eigenvalue weighted by molar-refractivity contribution is 8.05. The van der Waals surface area contributed by atoms with Crippen LogP contribution in [0.5, 0.6) is 0 Å². The number of rotatable bonds is 12. The van der Waals surface area contributed by atoms with Crippen LogP contribution < -0.4 is 4.13 Å². The minimum atomic E-state index is -6.60. The fourth-order valence-corrected chi connectivity index (χ4v) is 5.78. The van der Waals surface area contributed by atoms with E-state index in [2.05, 4.69) is 25.7 Å². The largest absolute Gasteiger partial charge is 0.512 e. The number of nitrogens with zero attached hydrogens (tertiary/aromatic N) is 2. The lowest BCUT2D eigenvalue weighted by Gasteiger charge is -2.39. The maximum absolute atomic E-state index is 11.6. The Labute approximate surface area is 197 Å². The molecule has 1 N–H and O–H groups in total. The predicted octanol–water partition coefficient (Wildman–Crippen LogP) is 3.32. The van der Waals surface area contributed by atoms with E-state index in [1.54, 1.807) is 0 Å². The lowest BCUT2D eigenvalue weighted by atomic mass is 10.2. The minimum Gasteiger partial charge on any atom is -0.342 e. The molecule has 0 spiro atoms. The highest BCUT2D eigenvalue weighted by atomic mass is 32.3. The molecule has 1 fully saturated rings. The molecular formula is C18H34F6N3O5S2+. The summed E-state index contributed by atoms with van der Waals surface area (Å²) in [6.07, 6.45) is 6.82. The molecule has 1 heterocycles. The molecule has 0 unspecified atom stereocenters. The van der Waals surface area contributed by atoms with Crippen LogP contribution in [-0.4, -0.2) is 82.4 Å². The van der Waals surface area contributed by atoms with E-state index < -0.39 is 35.2 Å². The van der Waals surface area contributed by atoms with Gasteiger partial charge in [0.25, 0.3) is 0 Å². The molecule has 8 nitrogen and oxygen atoms in total. The zero-order chi connectivity index (χ0) is 26.8. The molecule has 1 rings (SSSR count). The molecule has 0 radical (unpaired) electrons. The van der Waals surface area contributed by atoms with Crippen LogP contribution in [0.15, 0.2) is 0 Å². The molecule has 0 aromatic heterocycles. The van der Waals surface area contributed by atoms with Crippen LogP contribution in [0.2, 0.25) is 0 Å². The molecule has 0 aromatic rings. The summed E-state index contributed by atoms with van der Waals surface area (Å²) in [6, 6.07) is 0. The Balaban J connectivity index is 0.000000661. The van der Waals surface area contributed by atoms with Crippen LogP contribution in [0, 0.1) is 0 Å². The summed E-state index contributed by atoms with van der Waals surface area (Å²) in [5.41, 5.74) is -12.3. The van der Waals surface area contributed by atoms with Gasteiger partial charge in [-0.2, -0.15) is 26.3 Å². The number of hydrogen-bond donors (Lipinski definition) is 1. The van der Waals surface area contributed by atoms with Crippen LogP contribution in [0.3, 0.4) is 0 Å². The van der Waals surface area contributed by atoms with Gasteiger partial charge in [0.05, 0.1) is 26.2 Å². The lowest BCUT2D eigenvalue weighted by Crippen LogP contribution is -2.51. The Kier molecular flexibility index (Phi) is 12.8. The fraction of sp³-hybridized carbons (Fsp3) is 0.944.